The van der Waals surface area contributed by atoms with Gasteiger partial charge in [-0.25, -0.2) is 4.98 Å². The zero-order valence-electron chi connectivity index (χ0n) is 12.0. The molecule has 1 N–H and O–H groups in total. The van der Waals surface area contributed by atoms with Crippen molar-refractivity contribution in [1.29, 1.82) is 0 Å². The van der Waals surface area contributed by atoms with Crippen LogP contribution in [0.25, 0.3) is 0 Å². The highest BCUT2D eigenvalue weighted by Crippen LogP contribution is 2.33. The number of nitrogens with zero attached hydrogens (tertiary/aromatic N) is 1. The standard InChI is InChI=1S/C16H19ClN2S/c1-16(2,3)19-11-12-7-4-5-9-14(12)20-15-13(17)8-6-10-18-15/h4-10,19H,11H2,1-3H3. The molecule has 20 heavy (non-hydrogen) atoms. The van der Waals surface area contributed by atoms with E-state index in [1.165, 1.54) is 10.5 Å². The average molecular weight is 307 g/mol. The van der Waals surface area contributed by atoms with Gasteiger partial charge in [0.2, 0.25) is 0 Å². The Kier molecular flexibility index (Phi) is 5.08. The molecule has 1 aromatic heterocycles. The summed E-state index contributed by atoms with van der Waals surface area (Å²) in [6.45, 7) is 7.33. The van der Waals surface area contributed by atoms with Gasteiger partial charge in [-0.05, 0) is 44.5 Å². The summed E-state index contributed by atoms with van der Waals surface area (Å²) in [5.41, 5.74) is 1.36. The van der Waals surface area contributed by atoms with E-state index in [1.54, 1.807) is 18.0 Å². The molecule has 0 unspecified atom stereocenters. The molecule has 0 aliphatic carbocycles. The largest absolute Gasteiger partial charge is 0.308 e. The summed E-state index contributed by atoms with van der Waals surface area (Å²) in [5, 5.41) is 5.05. The van der Waals surface area contributed by atoms with Crippen LogP contribution >= 0.6 is 23.4 Å². The van der Waals surface area contributed by atoms with Gasteiger partial charge in [-0.1, -0.05) is 41.6 Å². The van der Waals surface area contributed by atoms with Crippen molar-refractivity contribution in [3.8, 4) is 0 Å². The van der Waals surface area contributed by atoms with Crippen LogP contribution in [0.4, 0.5) is 0 Å². The van der Waals surface area contributed by atoms with E-state index in [4.69, 9.17) is 11.6 Å². The van der Waals surface area contributed by atoms with Crippen LogP contribution in [0.15, 0.2) is 52.5 Å². The van der Waals surface area contributed by atoms with Crippen LogP contribution < -0.4 is 5.32 Å². The fourth-order valence-corrected chi connectivity index (χ4v) is 2.80. The Morgan fingerprint density at radius 3 is 2.60 bits per heavy atom. The highest BCUT2D eigenvalue weighted by atomic mass is 35.5. The molecule has 0 amide bonds. The van der Waals surface area contributed by atoms with Crippen molar-refractivity contribution in [2.24, 2.45) is 0 Å². The van der Waals surface area contributed by atoms with Crippen LogP contribution in [0.5, 0.6) is 0 Å². The number of hydrogen-bond donors (Lipinski definition) is 1. The third kappa shape index (κ3) is 4.51. The molecule has 0 atom stereocenters. The first-order valence-corrected chi connectivity index (χ1v) is 7.76. The van der Waals surface area contributed by atoms with Crippen LogP contribution in [-0.2, 0) is 6.54 Å². The second kappa shape index (κ2) is 6.61. The Hall–Kier alpha value is -1.03. The van der Waals surface area contributed by atoms with Crippen molar-refractivity contribution < 1.29 is 0 Å². The molecule has 0 radical (unpaired) electrons. The van der Waals surface area contributed by atoms with Crippen molar-refractivity contribution in [3.63, 3.8) is 0 Å². The fraction of sp³-hybridized carbons (Fsp3) is 0.312. The number of benzene rings is 1. The molecule has 1 heterocycles. The van der Waals surface area contributed by atoms with Crippen LogP contribution in [0.2, 0.25) is 5.02 Å². The van der Waals surface area contributed by atoms with E-state index < -0.39 is 0 Å². The van der Waals surface area contributed by atoms with Crippen molar-refractivity contribution >= 4 is 23.4 Å². The summed E-state index contributed by atoms with van der Waals surface area (Å²) in [6.07, 6.45) is 1.77. The lowest BCUT2D eigenvalue weighted by Crippen LogP contribution is -2.35. The average Bonchev–Trinajstić information content (AvgIpc) is 2.39. The molecule has 4 heteroatoms. The molecule has 2 nitrogen and oxygen atoms in total. The minimum atomic E-state index is 0.0976. The van der Waals surface area contributed by atoms with Crippen LogP contribution in [0.3, 0.4) is 0 Å². The first-order valence-electron chi connectivity index (χ1n) is 6.57. The zero-order chi connectivity index (χ0) is 14.6. The van der Waals surface area contributed by atoms with Gasteiger partial charge in [0.05, 0.1) is 5.02 Å². The topological polar surface area (TPSA) is 24.9 Å². The summed E-state index contributed by atoms with van der Waals surface area (Å²) in [7, 11) is 0. The van der Waals surface area contributed by atoms with Gasteiger partial charge >= 0.3 is 0 Å². The summed E-state index contributed by atoms with van der Waals surface area (Å²) >= 11 is 7.79. The smallest absolute Gasteiger partial charge is 0.119 e. The van der Waals surface area contributed by atoms with Gasteiger partial charge in [0.15, 0.2) is 0 Å². The molecule has 0 aliphatic heterocycles. The molecule has 0 fully saturated rings. The molecule has 2 rings (SSSR count). The minimum Gasteiger partial charge on any atom is -0.308 e. The van der Waals surface area contributed by atoms with Crippen molar-refractivity contribution in [1.82, 2.24) is 10.3 Å². The highest BCUT2D eigenvalue weighted by molar-refractivity contribution is 7.99. The third-order valence-corrected chi connectivity index (χ3v) is 4.27. The molecule has 0 saturated heterocycles. The molecule has 1 aromatic carbocycles. The number of pyridine rings is 1. The molecular weight excluding hydrogens is 288 g/mol. The summed E-state index contributed by atoms with van der Waals surface area (Å²) in [5.74, 6) is 0. The minimum absolute atomic E-state index is 0.0976. The Balaban J connectivity index is 2.18. The second-order valence-corrected chi connectivity index (χ2v) is 7.04. The number of rotatable bonds is 4. The van der Waals surface area contributed by atoms with Gasteiger partial charge in [0.25, 0.3) is 0 Å². The first kappa shape index (κ1) is 15.4. The molecule has 0 bridgehead atoms. The SMILES string of the molecule is CC(C)(C)NCc1ccccc1Sc1ncccc1Cl. The summed E-state index contributed by atoms with van der Waals surface area (Å²) in [4.78, 5) is 5.52. The Labute approximate surface area is 130 Å². The van der Waals surface area contributed by atoms with E-state index in [1.807, 2.05) is 18.2 Å². The van der Waals surface area contributed by atoms with Crippen molar-refractivity contribution in [3.05, 3.63) is 53.2 Å². The van der Waals surface area contributed by atoms with E-state index in [0.29, 0.717) is 5.02 Å². The quantitative estimate of drug-likeness (QED) is 0.880. The van der Waals surface area contributed by atoms with Crippen LogP contribution in [0, 0.1) is 0 Å². The summed E-state index contributed by atoms with van der Waals surface area (Å²) in [6, 6.07) is 12.1. The molecule has 0 aliphatic rings. The van der Waals surface area contributed by atoms with E-state index in [0.717, 1.165) is 11.6 Å². The van der Waals surface area contributed by atoms with E-state index in [-0.39, 0.29) is 5.54 Å². The Morgan fingerprint density at radius 1 is 1.15 bits per heavy atom. The molecule has 0 saturated carbocycles. The van der Waals surface area contributed by atoms with Crippen LogP contribution in [-0.4, -0.2) is 10.5 Å². The molecule has 106 valence electrons. The molecule has 2 aromatic rings. The molecular formula is C16H19ClN2S. The Bertz CT molecular complexity index is 579. The van der Waals surface area contributed by atoms with Gasteiger partial charge < -0.3 is 5.32 Å². The predicted octanol–water partition coefficient (Wildman–Crippen LogP) is 4.77. The highest BCUT2D eigenvalue weighted by Gasteiger charge is 2.12. The van der Waals surface area contributed by atoms with Gasteiger partial charge in [-0.3, -0.25) is 0 Å². The van der Waals surface area contributed by atoms with Gasteiger partial charge in [-0.2, -0.15) is 0 Å². The maximum atomic E-state index is 6.18. The van der Waals surface area contributed by atoms with E-state index >= 15 is 0 Å². The predicted molar refractivity (Wildman–Crippen MR) is 86.4 cm³/mol. The summed E-state index contributed by atoms with van der Waals surface area (Å²) < 4.78 is 0. The number of nitrogens with one attached hydrogen (secondary N) is 1. The Morgan fingerprint density at radius 2 is 1.90 bits per heavy atom. The lowest BCUT2D eigenvalue weighted by atomic mass is 10.1. The monoisotopic (exact) mass is 306 g/mol. The number of halogens is 1. The lowest BCUT2D eigenvalue weighted by Gasteiger charge is -2.21. The number of aromatic nitrogens is 1. The van der Waals surface area contributed by atoms with Crippen molar-refractivity contribution in [2.75, 3.05) is 0 Å². The lowest BCUT2D eigenvalue weighted by molar-refractivity contribution is 0.422. The van der Waals surface area contributed by atoms with Gasteiger partial charge in [0, 0.05) is 23.2 Å². The maximum Gasteiger partial charge on any atom is 0.119 e. The second-order valence-electron chi connectivity index (χ2n) is 5.60. The first-order chi connectivity index (χ1) is 9.46. The zero-order valence-corrected chi connectivity index (χ0v) is 13.6. The van der Waals surface area contributed by atoms with Crippen molar-refractivity contribution in [2.45, 2.75) is 42.8 Å². The van der Waals surface area contributed by atoms with Gasteiger partial charge in [-0.15, -0.1) is 0 Å². The van der Waals surface area contributed by atoms with Crippen LogP contribution in [0.1, 0.15) is 26.3 Å². The third-order valence-electron chi connectivity index (χ3n) is 2.71. The van der Waals surface area contributed by atoms with E-state index in [9.17, 15) is 0 Å². The maximum absolute atomic E-state index is 6.18. The van der Waals surface area contributed by atoms with E-state index in [2.05, 4.69) is 49.3 Å². The normalized spacial score (nSPS) is 11.6. The fourth-order valence-electron chi connectivity index (χ4n) is 1.66. The number of hydrogen-bond acceptors (Lipinski definition) is 3. The van der Waals surface area contributed by atoms with Gasteiger partial charge in [0.1, 0.15) is 5.03 Å². The molecule has 0 spiro atoms.